The highest BCUT2D eigenvalue weighted by molar-refractivity contribution is 5.71. The number of methoxy groups -OCH3 is 2. The molecule has 5 rings (SSSR count). The van der Waals surface area contributed by atoms with Gasteiger partial charge in [0.15, 0.2) is 29.1 Å². The fourth-order valence-electron chi connectivity index (χ4n) is 4.04. The van der Waals surface area contributed by atoms with Gasteiger partial charge >= 0.3 is 0 Å². The molecule has 7 heteroatoms. The van der Waals surface area contributed by atoms with Crippen LogP contribution >= 0.6 is 0 Å². The van der Waals surface area contributed by atoms with Gasteiger partial charge in [-0.1, -0.05) is 12.1 Å². The summed E-state index contributed by atoms with van der Waals surface area (Å²) >= 11 is 0. The summed E-state index contributed by atoms with van der Waals surface area (Å²) in [4.78, 5) is 12.8. The van der Waals surface area contributed by atoms with Crippen molar-refractivity contribution in [2.45, 2.75) is 19.1 Å². The van der Waals surface area contributed by atoms with Crippen molar-refractivity contribution in [3.8, 4) is 40.0 Å². The normalized spacial score (nSPS) is 16.1. The lowest BCUT2D eigenvalue weighted by molar-refractivity contribution is 0.0535. The van der Waals surface area contributed by atoms with Gasteiger partial charge in [0.1, 0.15) is 19.0 Å². The highest BCUT2D eigenvalue weighted by atomic mass is 16.6. The van der Waals surface area contributed by atoms with Crippen molar-refractivity contribution >= 4 is 0 Å². The number of aromatic nitrogens is 1. The predicted octanol–water partition coefficient (Wildman–Crippen LogP) is 3.31. The zero-order chi connectivity index (χ0) is 21.4. The number of aryl methyl sites for hydroxylation is 1. The van der Waals surface area contributed by atoms with Crippen LogP contribution in [0.15, 0.2) is 53.3 Å². The maximum Gasteiger partial charge on any atom is 0.254 e. The molecule has 2 aliphatic heterocycles. The van der Waals surface area contributed by atoms with Crippen LogP contribution in [0.4, 0.5) is 0 Å². The van der Waals surface area contributed by atoms with E-state index in [1.165, 1.54) is 6.07 Å². The van der Waals surface area contributed by atoms with Gasteiger partial charge < -0.3 is 28.3 Å². The highest BCUT2D eigenvalue weighted by Gasteiger charge is 2.23. The Morgan fingerprint density at radius 1 is 1.03 bits per heavy atom. The lowest BCUT2D eigenvalue weighted by Crippen LogP contribution is -2.34. The Labute approximate surface area is 179 Å². The average Bonchev–Trinajstić information content (AvgIpc) is 2.81. The third kappa shape index (κ3) is 3.56. The summed E-state index contributed by atoms with van der Waals surface area (Å²) in [5.41, 5.74) is 2.75. The molecule has 0 spiro atoms. The van der Waals surface area contributed by atoms with Crippen LogP contribution in [0.3, 0.4) is 0 Å². The standard InChI is InChI=1S/C24H23NO6/c1-27-22-9-15-7-8-25-19(18(15)12-23(22)28-2)10-16(11-24(25)26)29-13-17-14-30-20-5-3-4-6-21(20)31-17/h3-6,9-12,17H,7-8,13-14H2,1-2H3. The number of fused-ring (bicyclic) bond motifs is 4. The van der Waals surface area contributed by atoms with Gasteiger partial charge in [-0.25, -0.2) is 0 Å². The van der Waals surface area contributed by atoms with Crippen molar-refractivity contribution in [3.63, 3.8) is 0 Å². The molecule has 0 saturated carbocycles. The van der Waals surface area contributed by atoms with Crippen molar-refractivity contribution in [2.75, 3.05) is 27.4 Å². The minimum atomic E-state index is -0.259. The van der Waals surface area contributed by atoms with E-state index in [-0.39, 0.29) is 18.3 Å². The third-order valence-corrected chi connectivity index (χ3v) is 5.60. The number of pyridine rings is 1. The molecule has 3 heterocycles. The fraction of sp³-hybridized carbons (Fsp3) is 0.292. The zero-order valence-electron chi connectivity index (χ0n) is 17.4. The van der Waals surface area contributed by atoms with Crippen LogP contribution in [0.5, 0.6) is 28.7 Å². The maximum atomic E-state index is 12.8. The second-order valence-electron chi connectivity index (χ2n) is 7.49. The molecule has 2 aliphatic rings. The molecule has 3 aromatic rings. The van der Waals surface area contributed by atoms with E-state index in [2.05, 4.69) is 0 Å². The minimum absolute atomic E-state index is 0.0981. The van der Waals surface area contributed by atoms with Gasteiger partial charge in [0, 0.05) is 24.2 Å². The monoisotopic (exact) mass is 421 g/mol. The Hall–Kier alpha value is -3.61. The molecule has 0 amide bonds. The summed E-state index contributed by atoms with van der Waals surface area (Å²) < 4.78 is 30.3. The van der Waals surface area contributed by atoms with Gasteiger partial charge in [0.05, 0.1) is 19.9 Å². The smallest absolute Gasteiger partial charge is 0.254 e. The molecule has 160 valence electrons. The Kier molecular flexibility index (Phi) is 4.94. The fourth-order valence-corrected chi connectivity index (χ4v) is 4.04. The summed E-state index contributed by atoms with van der Waals surface area (Å²) in [6.45, 7) is 1.27. The van der Waals surface area contributed by atoms with E-state index in [9.17, 15) is 4.79 Å². The number of nitrogens with zero attached hydrogens (tertiary/aromatic N) is 1. The predicted molar refractivity (Wildman–Crippen MR) is 115 cm³/mol. The first-order chi connectivity index (χ1) is 15.2. The van der Waals surface area contributed by atoms with Gasteiger partial charge in [-0.2, -0.15) is 0 Å². The Morgan fingerprint density at radius 2 is 1.81 bits per heavy atom. The number of benzene rings is 2. The molecule has 7 nitrogen and oxygen atoms in total. The third-order valence-electron chi connectivity index (χ3n) is 5.60. The molecular weight excluding hydrogens is 398 g/mol. The first kappa shape index (κ1) is 19.4. The first-order valence-corrected chi connectivity index (χ1v) is 10.2. The summed E-state index contributed by atoms with van der Waals surface area (Å²) in [7, 11) is 3.22. The SMILES string of the molecule is COc1cc2c(cc1OC)-c1cc(OCC3COc4ccccc4O3)cc(=O)n1CC2. The Bertz CT molecular complexity index is 1190. The van der Waals surface area contributed by atoms with E-state index in [1.807, 2.05) is 42.5 Å². The van der Waals surface area contributed by atoms with Gasteiger partial charge in [0.25, 0.3) is 5.56 Å². The summed E-state index contributed by atoms with van der Waals surface area (Å²) in [5, 5.41) is 0. The van der Waals surface area contributed by atoms with Crippen molar-refractivity contribution in [3.05, 3.63) is 64.4 Å². The Balaban J connectivity index is 1.41. The van der Waals surface area contributed by atoms with Gasteiger partial charge in [-0.05, 0) is 36.2 Å². The molecule has 0 aliphatic carbocycles. The van der Waals surface area contributed by atoms with Crippen molar-refractivity contribution < 1.29 is 23.7 Å². The van der Waals surface area contributed by atoms with E-state index in [0.29, 0.717) is 36.1 Å². The topological polar surface area (TPSA) is 68.2 Å². The van der Waals surface area contributed by atoms with Crippen molar-refractivity contribution in [2.24, 2.45) is 0 Å². The van der Waals surface area contributed by atoms with Crippen LogP contribution in [0.2, 0.25) is 0 Å². The largest absolute Gasteiger partial charge is 0.493 e. The lowest BCUT2D eigenvalue weighted by atomic mass is 9.96. The highest BCUT2D eigenvalue weighted by Crippen LogP contribution is 2.38. The molecule has 1 aromatic heterocycles. The van der Waals surface area contributed by atoms with Crippen molar-refractivity contribution in [1.29, 1.82) is 0 Å². The van der Waals surface area contributed by atoms with Crippen LogP contribution in [-0.4, -0.2) is 38.1 Å². The van der Waals surface area contributed by atoms with Crippen LogP contribution in [0, 0.1) is 0 Å². The van der Waals surface area contributed by atoms with Crippen LogP contribution in [0.25, 0.3) is 11.3 Å². The van der Waals surface area contributed by atoms with E-state index in [4.69, 9.17) is 23.7 Å². The van der Waals surface area contributed by atoms with Crippen LogP contribution in [-0.2, 0) is 13.0 Å². The molecular formula is C24H23NO6. The van der Waals surface area contributed by atoms with E-state index >= 15 is 0 Å². The maximum absolute atomic E-state index is 12.8. The van der Waals surface area contributed by atoms with Crippen LogP contribution < -0.4 is 29.2 Å². The van der Waals surface area contributed by atoms with Gasteiger partial charge in [-0.3, -0.25) is 4.79 Å². The van der Waals surface area contributed by atoms with E-state index in [0.717, 1.165) is 29.0 Å². The molecule has 1 atom stereocenters. The first-order valence-electron chi connectivity index (χ1n) is 10.2. The summed E-state index contributed by atoms with van der Waals surface area (Å²) in [5.74, 6) is 3.23. The molecule has 0 fully saturated rings. The molecule has 0 radical (unpaired) electrons. The molecule has 0 bridgehead atoms. The lowest BCUT2D eigenvalue weighted by Gasteiger charge is -2.27. The second-order valence-corrected chi connectivity index (χ2v) is 7.49. The quantitative estimate of drug-likeness (QED) is 0.630. The van der Waals surface area contributed by atoms with E-state index < -0.39 is 0 Å². The molecule has 31 heavy (non-hydrogen) atoms. The molecule has 0 saturated heterocycles. The molecule has 1 unspecified atom stereocenters. The zero-order valence-corrected chi connectivity index (χ0v) is 17.4. The van der Waals surface area contributed by atoms with Gasteiger partial charge in [-0.15, -0.1) is 0 Å². The number of rotatable bonds is 5. The molecule has 2 aromatic carbocycles. The average molecular weight is 421 g/mol. The number of hydrogen-bond donors (Lipinski definition) is 0. The van der Waals surface area contributed by atoms with Crippen molar-refractivity contribution in [1.82, 2.24) is 4.57 Å². The summed E-state index contributed by atoms with van der Waals surface area (Å²) in [6.07, 6.45) is 0.487. The number of hydrogen-bond acceptors (Lipinski definition) is 6. The minimum Gasteiger partial charge on any atom is -0.493 e. The number of ether oxygens (including phenoxy) is 5. The van der Waals surface area contributed by atoms with Gasteiger partial charge in [0.2, 0.25) is 0 Å². The second kappa shape index (κ2) is 7.91. The Morgan fingerprint density at radius 3 is 2.61 bits per heavy atom. The van der Waals surface area contributed by atoms with Crippen LogP contribution in [0.1, 0.15) is 5.56 Å². The molecule has 0 N–H and O–H groups in total. The summed E-state index contributed by atoms with van der Waals surface area (Å²) in [6, 6.07) is 14.8. The van der Waals surface area contributed by atoms with E-state index in [1.54, 1.807) is 18.8 Å². The number of para-hydroxylation sites is 2.